The highest BCUT2D eigenvalue weighted by Crippen LogP contribution is 2.17. The first-order chi connectivity index (χ1) is 6.56. The highest BCUT2D eigenvalue weighted by molar-refractivity contribution is 5.94. The van der Waals surface area contributed by atoms with Crippen molar-refractivity contribution in [3.05, 3.63) is 11.8 Å². The molecule has 0 bridgehead atoms. The van der Waals surface area contributed by atoms with Crippen molar-refractivity contribution in [1.82, 2.24) is 5.32 Å². The van der Waals surface area contributed by atoms with Crippen molar-refractivity contribution in [3.8, 4) is 0 Å². The summed E-state index contributed by atoms with van der Waals surface area (Å²) in [5, 5.41) is 3.35. The topological polar surface area (TPSA) is 29.1 Å². The molecule has 15 heavy (non-hydrogen) atoms. The fourth-order valence-electron chi connectivity index (χ4n) is 1.08. The number of allylic oxidation sites excluding steroid dienone is 2. The lowest BCUT2D eigenvalue weighted by Crippen LogP contribution is -2.35. The van der Waals surface area contributed by atoms with Crippen LogP contribution in [-0.4, -0.2) is 11.3 Å². The first-order valence-corrected chi connectivity index (χ1v) is 5.59. The second-order valence-corrected chi connectivity index (χ2v) is 6.01. The number of carbonyl (C=O) groups excluding carboxylic acids is 1. The van der Waals surface area contributed by atoms with Gasteiger partial charge in [-0.25, -0.2) is 0 Å². The normalized spacial score (nSPS) is 13.9. The van der Waals surface area contributed by atoms with E-state index in [4.69, 9.17) is 0 Å². The highest BCUT2D eigenvalue weighted by atomic mass is 16.1. The van der Waals surface area contributed by atoms with Gasteiger partial charge in [0.25, 0.3) is 0 Å². The summed E-state index contributed by atoms with van der Waals surface area (Å²) in [5.74, 6) is 0.177. The van der Waals surface area contributed by atoms with Crippen LogP contribution in [0.15, 0.2) is 11.8 Å². The zero-order chi connectivity index (χ0) is 12.3. The molecule has 0 atom stereocenters. The van der Waals surface area contributed by atoms with Crippen molar-refractivity contribution in [2.45, 2.75) is 60.4 Å². The van der Waals surface area contributed by atoms with Crippen molar-refractivity contribution in [1.29, 1.82) is 0 Å². The number of rotatable bonds is 3. The molecule has 88 valence electrons. The van der Waals surface area contributed by atoms with Crippen molar-refractivity contribution in [3.63, 3.8) is 0 Å². The number of nitrogens with one attached hydrogen (secondary N) is 1. The van der Waals surface area contributed by atoms with Crippen LogP contribution in [0.1, 0.15) is 54.9 Å². The van der Waals surface area contributed by atoms with Gasteiger partial charge in [0.15, 0.2) is 5.78 Å². The molecule has 0 radical (unpaired) electrons. The van der Waals surface area contributed by atoms with E-state index in [1.54, 1.807) is 6.08 Å². The van der Waals surface area contributed by atoms with Crippen molar-refractivity contribution in [2.75, 3.05) is 0 Å². The molecular formula is C13H25NO. The lowest BCUT2D eigenvalue weighted by atomic mass is 9.90. The molecule has 2 nitrogen and oxygen atoms in total. The Morgan fingerprint density at radius 3 is 1.87 bits per heavy atom. The molecule has 0 aliphatic heterocycles. The monoisotopic (exact) mass is 211 g/mol. The molecule has 0 saturated heterocycles. The van der Waals surface area contributed by atoms with Gasteiger partial charge in [0.2, 0.25) is 0 Å². The van der Waals surface area contributed by atoms with Crippen LogP contribution in [-0.2, 0) is 4.79 Å². The summed E-state index contributed by atoms with van der Waals surface area (Å²) in [4.78, 5) is 11.8. The maximum atomic E-state index is 11.8. The van der Waals surface area contributed by atoms with Gasteiger partial charge < -0.3 is 5.32 Å². The molecule has 0 aliphatic rings. The maximum absolute atomic E-state index is 11.8. The van der Waals surface area contributed by atoms with Crippen LogP contribution in [0.25, 0.3) is 0 Å². The third kappa shape index (κ3) is 6.32. The van der Waals surface area contributed by atoms with E-state index >= 15 is 0 Å². The predicted octanol–water partition coefficient (Wildman–Crippen LogP) is 3.28. The SMILES string of the molecule is CC/C(=C/C(=O)C(C)(C)C)NC(C)(C)C. The van der Waals surface area contributed by atoms with Crippen LogP contribution in [0.4, 0.5) is 0 Å². The Balaban J connectivity index is 4.69. The van der Waals surface area contributed by atoms with E-state index in [1.807, 2.05) is 20.8 Å². The first-order valence-electron chi connectivity index (χ1n) is 5.59. The molecule has 0 fully saturated rings. The minimum Gasteiger partial charge on any atom is -0.384 e. The maximum Gasteiger partial charge on any atom is 0.162 e. The molecule has 0 aromatic carbocycles. The van der Waals surface area contributed by atoms with Crippen molar-refractivity contribution < 1.29 is 4.79 Å². The number of carbonyl (C=O) groups is 1. The first kappa shape index (κ1) is 14.2. The molecule has 0 unspecified atom stereocenters. The van der Waals surface area contributed by atoms with Gasteiger partial charge in [-0.2, -0.15) is 0 Å². The van der Waals surface area contributed by atoms with Crippen LogP contribution in [0.3, 0.4) is 0 Å². The standard InChI is InChI=1S/C13H25NO/c1-8-10(14-13(5,6)7)9-11(15)12(2,3)4/h9,14H,8H2,1-7H3/b10-9-. The molecule has 2 heteroatoms. The lowest BCUT2D eigenvalue weighted by molar-refractivity contribution is -0.121. The van der Waals surface area contributed by atoms with Crippen LogP contribution >= 0.6 is 0 Å². The second-order valence-electron chi connectivity index (χ2n) is 6.01. The van der Waals surface area contributed by atoms with Gasteiger partial charge in [-0.15, -0.1) is 0 Å². The zero-order valence-electron chi connectivity index (χ0n) is 11.2. The predicted molar refractivity (Wildman–Crippen MR) is 65.7 cm³/mol. The third-order valence-corrected chi connectivity index (χ3v) is 1.96. The summed E-state index contributed by atoms with van der Waals surface area (Å²) in [5.41, 5.74) is 0.738. The largest absolute Gasteiger partial charge is 0.384 e. The molecule has 0 heterocycles. The molecule has 0 aromatic rings. The Morgan fingerprint density at radius 2 is 1.60 bits per heavy atom. The Bertz CT molecular complexity index is 251. The fourth-order valence-corrected chi connectivity index (χ4v) is 1.08. The van der Waals surface area contributed by atoms with Gasteiger partial charge in [-0.3, -0.25) is 4.79 Å². The number of ketones is 1. The smallest absolute Gasteiger partial charge is 0.162 e. The van der Waals surface area contributed by atoms with Crippen LogP contribution in [0.5, 0.6) is 0 Å². The zero-order valence-corrected chi connectivity index (χ0v) is 11.2. The Kier molecular flexibility index (Phi) is 4.57. The molecule has 0 rings (SSSR count). The molecule has 0 amide bonds. The van der Waals surface area contributed by atoms with Gasteiger partial charge in [-0.1, -0.05) is 27.7 Å². The number of hydrogen-bond donors (Lipinski definition) is 1. The van der Waals surface area contributed by atoms with E-state index in [-0.39, 0.29) is 16.7 Å². The molecule has 0 spiro atoms. The molecule has 0 aromatic heterocycles. The van der Waals surface area contributed by atoms with E-state index in [0.717, 1.165) is 12.1 Å². The molecular weight excluding hydrogens is 186 g/mol. The molecule has 0 saturated carbocycles. The van der Waals surface area contributed by atoms with E-state index < -0.39 is 0 Å². The second kappa shape index (κ2) is 4.82. The molecule has 0 aliphatic carbocycles. The van der Waals surface area contributed by atoms with Gasteiger partial charge in [0, 0.05) is 22.7 Å². The summed E-state index contributed by atoms with van der Waals surface area (Å²) >= 11 is 0. The summed E-state index contributed by atoms with van der Waals surface area (Å²) in [7, 11) is 0. The van der Waals surface area contributed by atoms with E-state index in [0.29, 0.717) is 0 Å². The van der Waals surface area contributed by atoms with Gasteiger partial charge in [0.1, 0.15) is 0 Å². The number of hydrogen-bond acceptors (Lipinski definition) is 2. The molecule has 1 N–H and O–H groups in total. The Morgan fingerprint density at radius 1 is 1.13 bits per heavy atom. The average molecular weight is 211 g/mol. The fraction of sp³-hybridized carbons (Fsp3) is 0.769. The van der Waals surface area contributed by atoms with Crippen LogP contribution in [0, 0.1) is 5.41 Å². The quantitative estimate of drug-likeness (QED) is 0.726. The van der Waals surface area contributed by atoms with Gasteiger partial charge in [-0.05, 0) is 27.2 Å². The lowest BCUT2D eigenvalue weighted by Gasteiger charge is -2.24. The minimum absolute atomic E-state index is 0.0139. The summed E-state index contributed by atoms with van der Waals surface area (Å²) in [6.45, 7) is 14.2. The summed E-state index contributed by atoms with van der Waals surface area (Å²) < 4.78 is 0. The van der Waals surface area contributed by atoms with Gasteiger partial charge >= 0.3 is 0 Å². The van der Waals surface area contributed by atoms with Crippen LogP contribution < -0.4 is 5.32 Å². The van der Waals surface area contributed by atoms with Gasteiger partial charge in [0.05, 0.1) is 0 Å². The Labute approximate surface area is 94.1 Å². The van der Waals surface area contributed by atoms with E-state index in [9.17, 15) is 4.79 Å². The summed E-state index contributed by atoms with van der Waals surface area (Å²) in [6, 6.07) is 0. The summed E-state index contributed by atoms with van der Waals surface area (Å²) in [6.07, 6.45) is 2.60. The van der Waals surface area contributed by atoms with E-state index in [1.165, 1.54) is 0 Å². The average Bonchev–Trinajstić information content (AvgIpc) is 1.98. The van der Waals surface area contributed by atoms with E-state index in [2.05, 4.69) is 33.0 Å². The third-order valence-electron chi connectivity index (χ3n) is 1.96. The van der Waals surface area contributed by atoms with Crippen molar-refractivity contribution >= 4 is 5.78 Å². The minimum atomic E-state index is -0.292. The Hall–Kier alpha value is -0.790. The van der Waals surface area contributed by atoms with Crippen LogP contribution in [0.2, 0.25) is 0 Å². The highest BCUT2D eigenvalue weighted by Gasteiger charge is 2.20. The van der Waals surface area contributed by atoms with Crippen molar-refractivity contribution in [2.24, 2.45) is 5.41 Å².